The molecular formula is C12H6Cl3N3O3. The maximum atomic E-state index is 12.1. The molecular weight excluding hydrogens is 341 g/mol. The van der Waals surface area contributed by atoms with Gasteiger partial charge in [0.1, 0.15) is 16.4 Å². The summed E-state index contributed by atoms with van der Waals surface area (Å²) in [4.78, 5) is 26.3. The van der Waals surface area contributed by atoms with E-state index in [1.54, 1.807) is 0 Å². The summed E-state index contributed by atoms with van der Waals surface area (Å²) in [6.07, 6.45) is 1.33. The smallest absolute Gasteiger partial charge is 0.300 e. The van der Waals surface area contributed by atoms with Crippen LogP contribution in [0.5, 0.6) is 0 Å². The lowest BCUT2D eigenvalue weighted by atomic mass is 10.1. The van der Waals surface area contributed by atoms with Crippen molar-refractivity contribution < 1.29 is 9.72 Å². The van der Waals surface area contributed by atoms with Crippen molar-refractivity contribution >= 4 is 52.2 Å². The van der Waals surface area contributed by atoms with Gasteiger partial charge >= 0.3 is 5.69 Å². The van der Waals surface area contributed by atoms with Crippen LogP contribution in [0.4, 0.5) is 11.5 Å². The van der Waals surface area contributed by atoms with Crippen LogP contribution in [-0.2, 0) is 0 Å². The van der Waals surface area contributed by atoms with Crippen LogP contribution >= 0.6 is 34.8 Å². The molecule has 0 unspecified atom stereocenters. The summed E-state index contributed by atoms with van der Waals surface area (Å²) in [6, 6.07) is 5.33. The molecule has 1 amide bonds. The number of hydrogen-bond donors (Lipinski definition) is 1. The van der Waals surface area contributed by atoms with Gasteiger partial charge in [-0.2, -0.15) is 0 Å². The van der Waals surface area contributed by atoms with Crippen LogP contribution in [0.3, 0.4) is 0 Å². The van der Waals surface area contributed by atoms with E-state index in [1.807, 2.05) is 0 Å². The molecule has 0 atom stereocenters. The maximum Gasteiger partial charge on any atom is 0.300 e. The predicted molar refractivity (Wildman–Crippen MR) is 80.3 cm³/mol. The average molecular weight is 347 g/mol. The van der Waals surface area contributed by atoms with Crippen molar-refractivity contribution in [2.24, 2.45) is 0 Å². The van der Waals surface area contributed by atoms with Crippen molar-refractivity contribution in [1.82, 2.24) is 4.98 Å². The summed E-state index contributed by atoms with van der Waals surface area (Å²) >= 11 is 17.2. The average Bonchev–Trinajstić information content (AvgIpc) is 2.39. The van der Waals surface area contributed by atoms with Gasteiger partial charge in [-0.05, 0) is 24.3 Å². The number of anilines is 1. The van der Waals surface area contributed by atoms with Crippen LogP contribution in [0.25, 0.3) is 0 Å². The number of rotatable bonds is 3. The monoisotopic (exact) mass is 345 g/mol. The van der Waals surface area contributed by atoms with Crippen molar-refractivity contribution in [3.05, 3.63) is 61.2 Å². The Balaban J connectivity index is 2.39. The van der Waals surface area contributed by atoms with Gasteiger partial charge in [-0.3, -0.25) is 14.9 Å². The van der Waals surface area contributed by atoms with E-state index in [0.29, 0.717) is 5.02 Å². The zero-order chi connectivity index (χ0) is 15.6. The highest BCUT2D eigenvalue weighted by atomic mass is 35.5. The number of nitrogens with one attached hydrogen (secondary N) is 1. The van der Waals surface area contributed by atoms with Gasteiger partial charge in [-0.15, -0.1) is 0 Å². The summed E-state index contributed by atoms with van der Waals surface area (Å²) in [5.74, 6) is -0.560. The third-order valence-corrected chi connectivity index (χ3v) is 3.15. The zero-order valence-electron chi connectivity index (χ0n) is 10.1. The lowest BCUT2D eigenvalue weighted by molar-refractivity contribution is -0.385. The molecule has 108 valence electrons. The van der Waals surface area contributed by atoms with Crippen LogP contribution in [0.2, 0.25) is 15.1 Å². The van der Waals surface area contributed by atoms with Gasteiger partial charge in [0, 0.05) is 11.2 Å². The number of hydrogen-bond acceptors (Lipinski definition) is 4. The van der Waals surface area contributed by atoms with Gasteiger partial charge in [0.25, 0.3) is 5.91 Å². The lowest BCUT2D eigenvalue weighted by Crippen LogP contribution is -2.15. The van der Waals surface area contributed by atoms with Crippen LogP contribution in [0.1, 0.15) is 10.4 Å². The fraction of sp³-hybridized carbons (Fsp3) is 0. The Labute approximate surface area is 133 Å². The van der Waals surface area contributed by atoms with Gasteiger partial charge in [0.2, 0.25) is 0 Å². The lowest BCUT2D eigenvalue weighted by Gasteiger charge is -2.06. The number of benzene rings is 1. The number of carbonyl (C=O) groups excluding carboxylic acids is 1. The predicted octanol–water partition coefficient (Wildman–Crippen LogP) is 4.20. The second kappa shape index (κ2) is 6.26. The van der Waals surface area contributed by atoms with E-state index in [4.69, 9.17) is 34.8 Å². The first-order valence-electron chi connectivity index (χ1n) is 5.45. The minimum atomic E-state index is -0.749. The number of pyridine rings is 1. The SMILES string of the molecule is O=C(Nc1ccc(Cl)cn1)c1cc(Cl)cc(Cl)c1[N+](=O)[O-]. The van der Waals surface area contributed by atoms with E-state index >= 15 is 0 Å². The van der Waals surface area contributed by atoms with Gasteiger partial charge in [-0.25, -0.2) is 4.98 Å². The zero-order valence-corrected chi connectivity index (χ0v) is 12.4. The van der Waals surface area contributed by atoms with E-state index in [1.165, 1.54) is 24.4 Å². The number of nitro groups is 1. The third-order valence-electron chi connectivity index (χ3n) is 2.42. The first kappa shape index (κ1) is 15.5. The minimum Gasteiger partial charge on any atom is -0.306 e. The maximum absolute atomic E-state index is 12.1. The van der Waals surface area contributed by atoms with E-state index in [0.717, 1.165) is 6.07 Å². The first-order valence-corrected chi connectivity index (χ1v) is 6.58. The summed E-state index contributed by atoms with van der Waals surface area (Å²) in [7, 11) is 0. The quantitative estimate of drug-likeness (QED) is 0.666. The van der Waals surface area contributed by atoms with Crippen LogP contribution in [0, 0.1) is 10.1 Å². The molecule has 2 aromatic rings. The molecule has 1 heterocycles. The number of nitrogens with zero attached hydrogens (tertiary/aromatic N) is 2. The first-order chi connectivity index (χ1) is 9.88. The molecule has 0 aliphatic carbocycles. The summed E-state index contributed by atoms with van der Waals surface area (Å²) < 4.78 is 0. The minimum absolute atomic E-state index is 0.111. The number of halogens is 3. The Morgan fingerprint density at radius 2 is 1.90 bits per heavy atom. The van der Waals surface area contributed by atoms with E-state index in [9.17, 15) is 14.9 Å². The van der Waals surface area contributed by atoms with Crippen LogP contribution < -0.4 is 5.32 Å². The van der Waals surface area contributed by atoms with Crippen LogP contribution in [-0.4, -0.2) is 15.8 Å². The Morgan fingerprint density at radius 3 is 2.48 bits per heavy atom. The second-order valence-electron chi connectivity index (χ2n) is 3.86. The molecule has 9 heteroatoms. The standard InChI is InChI=1S/C12H6Cl3N3O3/c13-6-1-2-10(16-5-6)17-12(19)8-3-7(14)4-9(15)11(8)18(20)21/h1-5H,(H,16,17,19). The molecule has 1 N–H and O–H groups in total. The topological polar surface area (TPSA) is 85.1 Å². The molecule has 2 rings (SSSR count). The Bertz CT molecular complexity index is 720. The highest BCUT2D eigenvalue weighted by molar-refractivity contribution is 6.37. The van der Waals surface area contributed by atoms with Gasteiger partial charge in [0.05, 0.1) is 9.95 Å². The normalized spacial score (nSPS) is 10.2. The Morgan fingerprint density at radius 1 is 1.19 bits per heavy atom. The molecule has 0 aliphatic heterocycles. The summed E-state index contributed by atoms with van der Waals surface area (Å²) in [5.41, 5.74) is -0.776. The van der Waals surface area contributed by atoms with Crippen molar-refractivity contribution in [1.29, 1.82) is 0 Å². The number of aromatic nitrogens is 1. The molecule has 0 fully saturated rings. The number of carbonyl (C=O) groups is 1. The molecule has 0 saturated heterocycles. The molecule has 21 heavy (non-hydrogen) atoms. The third kappa shape index (κ3) is 3.60. The van der Waals surface area contributed by atoms with Crippen molar-refractivity contribution in [3.63, 3.8) is 0 Å². The fourth-order valence-corrected chi connectivity index (χ4v) is 2.23. The molecule has 1 aromatic heterocycles. The Kier molecular flexibility index (Phi) is 4.62. The van der Waals surface area contributed by atoms with Crippen molar-refractivity contribution in [2.45, 2.75) is 0 Å². The molecule has 1 aromatic carbocycles. The molecule has 0 spiro atoms. The Hall–Kier alpha value is -1.89. The van der Waals surface area contributed by atoms with E-state index in [-0.39, 0.29) is 21.4 Å². The van der Waals surface area contributed by atoms with E-state index < -0.39 is 16.5 Å². The van der Waals surface area contributed by atoms with E-state index in [2.05, 4.69) is 10.3 Å². The molecule has 6 nitrogen and oxygen atoms in total. The number of amides is 1. The van der Waals surface area contributed by atoms with Crippen molar-refractivity contribution in [2.75, 3.05) is 5.32 Å². The highest BCUT2D eigenvalue weighted by Crippen LogP contribution is 2.32. The largest absolute Gasteiger partial charge is 0.306 e. The van der Waals surface area contributed by atoms with Crippen LogP contribution in [0.15, 0.2) is 30.5 Å². The molecule has 0 radical (unpaired) electrons. The summed E-state index contributed by atoms with van der Waals surface area (Å²) in [5, 5.41) is 13.7. The van der Waals surface area contributed by atoms with Gasteiger partial charge in [0.15, 0.2) is 0 Å². The van der Waals surface area contributed by atoms with Gasteiger partial charge in [-0.1, -0.05) is 34.8 Å². The molecule has 0 aliphatic rings. The molecule has 0 bridgehead atoms. The van der Waals surface area contributed by atoms with Crippen molar-refractivity contribution in [3.8, 4) is 0 Å². The highest BCUT2D eigenvalue weighted by Gasteiger charge is 2.25. The fourth-order valence-electron chi connectivity index (χ4n) is 1.56. The van der Waals surface area contributed by atoms with Gasteiger partial charge < -0.3 is 5.32 Å². The molecule has 0 saturated carbocycles. The summed E-state index contributed by atoms with van der Waals surface area (Å²) in [6.45, 7) is 0. The number of nitro benzene ring substituents is 1. The second-order valence-corrected chi connectivity index (χ2v) is 5.14.